The molecule has 0 spiro atoms. The Labute approximate surface area is 255 Å². The highest BCUT2D eigenvalue weighted by Gasteiger charge is 2.41. The highest BCUT2D eigenvalue weighted by atomic mass is 33.1. The van der Waals surface area contributed by atoms with Crippen molar-refractivity contribution in [1.82, 2.24) is 0 Å². The second kappa shape index (κ2) is 23.2. The first-order chi connectivity index (χ1) is 19.1. The summed E-state index contributed by atoms with van der Waals surface area (Å²) in [7, 11) is -1.82. The molecule has 0 aliphatic carbocycles. The summed E-state index contributed by atoms with van der Waals surface area (Å²) in [6.07, 6.45) is 4.90. The topological polar surface area (TPSA) is 159 Å². The summed E-state index contributed by atoms with van der Waals surface area (Å²) in [6, 6.07) is 1.50. The monoisotopic (exact) mass is 646 g/mol. The summed E-state index contributed by atoms with van der Waals surface area (Å²) >= 11 is 0. The van der Waals surface area contributed by atoms with Crippen molar-refractivity contribution in [1.29, 1.82) is 0 Å². The third-order valence-electron chi connectivity index (χ3n) is 6.56. The molecule has 0 aliphatic rings. The lowest BCUT2D eigenvalue weighted by molar-refractivity contribution is 0.0694. The van der Waals surface area contributed by atoms with Gasteiger partial charge in [0.05, 0.1) is 0 Å². The van der Waals surface area contributed by atoms with Gasteiger partial charge in [-0.3, -0.25) is 0 Å². The molecule has 0 aliphatic heterocycles. The van der Waals surface area contributed by atoms with Gasteiger partial charge in [0, 0.05) is 74.3 Å². The summed E-state index contributed by atoms with van der Waals surface area (Å²) in [5.41, 5.74) is 24.9. The summed E-state index contributed by atoms with van der Waals surface area (Å²) in [6.45, 7) is 16.4. The Kier molecular flexibility index (Phi) is 23.6. The van der Waals surface area contributed by atoms with Gasteiger partial charge in [0.1, 0.15) is 0 Å². The molecule has 14 heteroatoms. The van der Waals surface area contributed by atoms with Gasteiger partial charge < -0.3 is 49.5 Å². The van der Waals surface area contributed by atoms with Crippen LogP contribution < -0.4 is 22.9 Å². The maximum Gasteiger partial charge on any atom is 0.500 e. The van der Waals surface area contributed by atoms with Gasteiger partial charge in [0.15, 0.2) is 0 Å². The van der Waals surface area contributed by atoms with E-state index in [2.05, 4.69) is 0 Å². The zero-order chi connectivity index (χ0) is 30.4. The van der Waals surface area contributed by atoms with Gasteiger partial charge in [-0.15, -0.1) is 0 Å². The number of hydrogen-bond acceptors (Lipinski definition) is 12. The molecule has 0 radical (unpaired) electrons. The molecule has 0 rings (SSSR count). The van der Waals surface area contributed by atoms with Crippen LogP contribution in [0.15, 0.2) is 0 Å². The maximum absolute atomic E-state index is 6.87. The molecule has 0 bridgehead atoms. The molecule has 8 N–H and O–H groups in total. The first-order valence-corrected chi connectivity index (χ1v) is 21.5. The predicted octanol–water partition coefficient (Wildman–Crippen LogP) is 4.12. The van der Waals surface area contributed by atoms with E-state index in [0.29, 0.717) is 52.7 Å². The van der Waals surface area contributed by atoms with Crippen LogP contribution in [-0.4, -0.2) is 92.9 Å². The first kappa shape index (κ1) is 40.7. The van der Waals surface area contributed by atoms with Crippen molar-refractivity contribution in [3.63, 3.8) is 0 Å². The molecule has 0 aromatic carbocycles. The fourth-order valence-corrected chi connectivity index (χ4v) is 13.1. The Hall–Kier alpha value is 0.734. The van der Waals surface area contributed by atoms with Crippen LogP contribution in [0.1, 0.15) is 80.1 Å². The van der Waals surface area contributed by atoms with Gasteiger partial charge in [-0.2, -0.15) is 0 Å². The van der Waals surface area contributed by atoms with E-state index in [1.165, 1.54) is 0 Å². The molecule has 0 aromatic heterocycles. The molecule has 2 unspecified atom stereocenters. The van der Waals surface area contributed by atoms with Gasteiger partial charge >= 0.3 is 17.6 Å². The van der Waals surface area contributed by atoms with E-state index < -0.39 is 17.6 Å². The molecule has 0 amide bonds. The molecular weight excluding hydrogens is 585 g/mol. The lowest BCUT2D eigenvalue weighted by Crippen LogP contribution is -2.48. The van der Waals surface area contributed by atoms with Gasteiger partial charge in [0.25, 0.3) is 0 Å². The first-order valence-electron chi connectivity index (χ1n) is 15.2. The van der Waals surface area contributed by atoms with Crippen LogP contribution in [0, 0.1) is 0 Å². The van der Waals surface area contributed by atoms with Crippen LogP contribution in [0.4, 0.5) is 0 Å². The largest absolute Gasteiger partial charge is 0.500 e. The summed E-state index contributed by atoms with van der Waals surface area (Å²) in [5.74, 6) is 1.57. The van der Waals surface area contributed by atoms with Crippen molar-refractivity contribution >= 4 is 39.2 Å². The van der Waals surface area contributed by atoms with Crippen LogP contribution in [0.25, 0.3) is 0 Å². The van der Waals surface area contributed by atoms with Crippen molar-refractivity contribution in [3.8, 4) is 0 Å². The van der Waals surface area contributed by atoms with Gasteiger partial charge in [-0.05, 0) is 93.2 Å². The van der Waals surface area contributed by atoms with Crippen molar-refractivity contribution in [2.45, 2.75) is 103 Å². The Morgan fingerprint density at radius 2 is 0.775 bits per heavy atom. The second-order valence-corrected chi connectivity index (χ2v) is 17.9. The fraction of sp³-hybridized carbons (Fsp3) is 1.00. The molecule has 242 valence electrons. The minimum absolute atomic E-state index is 0.375. The van der Waals surface area contributed by atoms with Crippen LogP contribution in [0.5, 0.6) is 0 Å². The van der Waals surface area contributed by atoms with E-state index in [4.69, 9.17) is 49.5 Å². The molecule has 0 aromatic rings. The van der Waals surface area contributed by atoms with E-state index in [-0.39, 0.29) is 11.1 Å². The molecule has 10 nitrogen and oxygen atoms in total. The van der Waals surface area contributed by atoms with E-state index in [9.17, 15) is 0 Å². The Morgan fingerprint density at radius 3 is 1.00 bits per heavy atom. The van der Waals surface area contributed by atoms with Crippen molar-refractivity contribution in [3.05, 3.63) is 0 Å². The highest BCUT2D eigenvalue weighted by Crippen LogP contribution is 2.34. The van der Waals surface area contributed by atoms with Crippen molar-refractivity contribution < 1.29 is 26.6 Å². The molecule has 40 heavy (non-hydrogen) atoms. The lowest BCUT2D eigenvalue weighted by Gasteiger charge is -2.33. The highest BCUT2D eigenvalue weighted by molar-refractivity contribution is 8.76. The molecule has 0 fully saturated rings. The minimum atomic E-state index is -2.68. The summed E-state index contributed by atoms with van der Waals surface area (Å²) in [5, 5.41) is 0. The average molecular weight is 647 g/mol. The van der Waals surface area contributed by atoms with Gasteiger partial charge in [0.2, 0.25) is 0 Å². The SMILES string of the molecule is CCO[Si](CCCC(N)(CCN)CSSCC(N)(CCN)CCC[Si](OCC)(OCC)OCC)(OCC)OCC. The zero-order valence-electron chi connectivity index (χ0n) is 26.3. The smallest absolute Gasteiger partial charge is 0.374 e. The molecule has 0 heterocycles. The number of hydrogen-bond donors (Lipinski definition) is 4. The Balaban J connectivity index is 5.02. The van der Waals surface area contributed by atoms with Crippen molar-refractivity contribution in [2.75, 3.05) is 64.2 Å². The lowest BCUT2D eigenvalue weighted by atomic mass is 9.93. The van der Waals surface area contributed by atoms with Crippen LogP contribution >= 0.6 is 21.6 Å². The minimum Gasteiger partial charge on any atom is -0.374 e. The normalized spacial score (nSPS) is 15.8. The average Bonchev–Trinajstić information content (AvgIpc) is 2.88. The van der Waals surface area contributed by atoms with Crippen LogP contribution in [0.2, 0.25) is 12.1 Å². The van der Waals surface area contributed by atoms with Crippen LogP contribution in [-0.2, 0) is 26.6 Å². The molecule has 0 saturated carbocycles. The van der Waals surface area contributed by atoms with Gasteiger partial charge in [-0.25, -0.2) is 0 Å². The van der Waals surface area contributed by atoms with E-state index in [1.807, 2.05) is 41.5 Å². The third-order valence-corrected chi connectivity index (χ3v) is 15.6. The van der Waals surface area contributed by atoms with E-state index >= 15 is 0 Å². The number of rotatable bonds is 29. The van der Waals surface area contributed by atoms with E-state index in [0.717, 1.165) is 62.1 Å². The van der Waals surface area contributed by atoms with Gasteiger partial charge in [-0.1, -0.05) is 21.6 Å². The zero-order valence-corrected chi connectivity index (χ0v) is 29.9. The van der Waals surface area contributed by atoms with E-state index in [1.54, 1.807) is 21.6 Å². The summed E-state index contributed by atoms with van der Waals surface area (Å²) < 4.78 is 36.1. The number of nitrogens with two attached hydrogens (primary N) is 4. The molecule has 2 atom stereocenters. The quantitative estimate of drug-likeness (QED) is 0.0524. The predicted molar refractivity (Wildman–Crippen MR) is 175 cm³/mol. The Bertz CT molecular complexity index is 540. The fourth-order valence-electron chi connectivity index (χ4n) is 4.75. The maximum atomic E-state index is 6.87. The summed E-state index contributed by atoms with van der Waals surface area (Å²) in [4.78, 5) is 0. The standard InChI is InChI=1S/C26H62N4O6S2Si2/c1-7-31-39(32-8-2,33-9-3)21-13-15-25(29,17-19-27)23-37-38-24-26(30,18-20-28)16-14-22-40(34-10-4,35-11-5)36-12-6/h7-24,27-30H2,1-6H3. The Morgan fingerprint density at radius 1 is 0.500 bits per heavy atom. The molecular formula is C26H62N4O6S2Si2. The third kappa shape index (κ3) is 16.5. The molecule has 0 saturated heterocycles. The second-order valence-electron chi connectivity index (χ2n) is 10.00. The van der Waals surface area contributed by atoms with Crippen molar-refractivity contribution in [2.24, 2.45) is 22.9 Å². The van der Waals surface area contributed by atoms with Crippen LogP contribution in [0.3, 0.4) is 0 Å².